The van der Waals surface area contributed by atoms with Crippen LogP contribution in [0.3, 0.4) is 0 Å². The van der Waals surface area contributed by atoms with E-state index in [-0.39, 0.29) is 0 Å². The van der Waals surface area contributed by atoms with Crippen LogP contribution >= 0.6 is 0 Å². The number of aromatic amines is 1. The third-order valence-electron chi connectivity index (χ3n) is 4.49. The first-order chi connectivity index (χ1) is 9.31. The van der Waals surface area contributed by atoms with Crippen molar-refractivity contribution in [3.8, 4) is 5.75 Å². The largest absolute Gasteiger partial charge is 0.497 e. The summed E-state index contributed by atoms with van der Waals surface area (Å²) in [6.45, 7) is 0. The van der Waals surface area contributed by atoms with Crippen molar-refractivity contribution in [2.45, 2.75) is 31.7 Å². The smallest absolute Gasteiger partial charge is 0.120 e. The molecule has 0 bridgehead atoms. The van der Waals surface area contributed by atoms with Crippen LogP contribution in [0.15, 0.2) is 24.4 Å². The van der Waals surface area contributed by atoms with E-state index in [1.165, 1.54) is 35.7 Å². The van der Waals surface area contributed by atoms with Crippen molar-refractivity contribution >= 4 is 10.9 Å². The van der Waals surface area contributed by atoms with Crippen LogP contribution in [-0.2, 0) is 6.42 Å². The van der Waals surface area contributed by atoms with E-state index >= 15 is 0 Å². The van der Waals surface area contributed by atoms with Crippen molar-refractivity contribution in [2.75, 3.05) is 14.2 Å². The average Bonchev–Trinajstić information content (AvgIpc) is 3.05. The van der Waals surface area contributed by atoms with Gasteiger partial charge in [-0.2, -0.15) is 0 Å². The molecular weight excluding hydrogens is 236 g/mol. The second-order valence-electron chi connectivity index (χ2n) is 5.52. The van der Waals surface area contributed by atoms with Gasteiger partial charge in [-0.1, -0.05) is 6.42 Å². The van der Waals surface area contributed by atoms with Gasteiger partial charge >= 0.3 is 0 Å². The molecule has 1 saturated carbocycles. The molecule has 1 aromatic heterocycles. The molecule has 0 spiro atoms. The molecular formula is C16H22N2O. The van der Waals surface area contributed by atoms with E-state index in [1.54, 1.807) is 7.11 Å². The molecule has 1 heterocycles. The maximum absolute atomic E-state index is 5.27. The lowest BCUT2D eigenvalue weighted by molar-refractivity contribution is 0.415. The number of rotatable bonds is 4. The number of fused-ring (bicyclic) bond motifs is 1. The molecule has 0 amide bonds. The number of aromatic nitrogens is 1. The molecule has 19 heavy (non-hydrogen) atoms. The van der Waals surface area contributed by atoms with Crippen molar-refractivity contribution in [3.63, 3.8) is 0 Å². The highest BCUT2D eigenvalue weighted by atomic mass is 16.5. The molecule has 0 saturated heterocycles. The van der Waals surface area contributed by atoms with Crippen LogP contribution in [-0.4, -0.2) is 25.2 Å². The standard InChI is InChI=1S/C16H22N2O/c1-17-15-5-3-4-11(15)8-12-10-18-16-9-13(19-2)6-7-14(12)16/h6-7,9-11,15,17-18H,3-5,8H2,1-2H3. The van der Waals surface area contributed by atoms with Gasteiger partial charge in [0.25, 0.3) is 0 Å². The molecule has 0 radical (unpaired) electrons. The van der Waals surface area contributed by atoms with Gasteiger partial charge in [-0.15, -0.1) is 0 Å². The maximum Gasteiger partial charge on any atom is 0.120 e. The van der Waals surface area contributed by atoms with Gasteiger partial charge in [-0.25, -0.2) is 0 Å². The third-order valence-corrected chi connectivity index (χ3v) is 4.49. The molecule has 2 N–H and O–H groups in total. The van der Waals surface area contributed by atoms with E-state index in [2.05, 4.69) is 35.7 Å². The van der Waals surface area contributed by atoms with Crippen LogP contribution in [0.1, 0.15) is 24.8 Å². The molecule has 0 aliphatic heterocycles. The topological polar surface area (TPSA) is 37.0 Å². The normalized spacial score (nSPS) is 23.1. The number of nitrogens with one attached hydrogen (secondary N) is 2. The Bertz CT molecular complexity index is 561. The zero-order chi connectivity index (χ0) is 13.2. The quantitative estimate of drug-likeness (QED) is 0.884. The van der Waals surface area contributed by atoms with Crippen molar-refractivity contribution in [1.82, 2.24) is 10.3 Å². The predicted molar refractivity (Wildman–Crippen MR) is 78.7 cm³/mol. The number of H-pyrrole nitrogens is 1. The van der Waals surface area contributed by atoms with Gasteiger partial charge in [0.2, 0.25) is 0 Å². The first kappa shape index (κ1) is 12.5. The summed E-state index contributed by atoms with van der Waals surface area (Å²) in [5, 5.41) is 4.80. The number of hydrogen-bond donors (Lipinski definition) is 2. The molecule has 102 valence electrons. The molecule has 2 unspecified atom stereocenters. The van der Waals surface area contributed by atoms with Crippen LogP contribution in [0.2, 0.25) is 0 Å². The van der Waals surface area contributed by atoms with Crippen LogP contribution in [0.25, 0.3) is 10.9 Å². The second-order valence-corrected chi connectivity index (χ2v) is 5.52. The molecule has 2 atom stereocenters. The Morgan fingerprint density at radius 3 is 3.05 bits per heavy atom. The number of hydrogen-bond acceptors (Lipinski definition) is 2. The zero-order valence-electron chi connectivity index (χ0n) is 11.7. The Labute approximate surface area is 114 Å². The van der Waals surface area contributed by atoms with Crippen LogP contribution in [0, 0.1) is 5.92 Å². The summed E-state index contributed by atoms with van der Waals surface area (Å²) in [6, 6.07) is 6.97. The SMILES string of the molecule is CNC1CCCC1Cc1c[nH]c2cc(OC)ccc12. The van der Waals surface area contributed by atoms with Gasteiger partial charge in [0.15, 0.2) is 0 Å². The third kappa shape index (κ3) is 2.35. The fourth-order valence-corrected chi connectivity index (χ4v) is 3.40. The van der Waals surface area contributed by atoms with Crippen molar-refractivity contribution in [2.24, 2.45) is 5.92 Å². The summed E-state index contributed by atoms with van der Waals surface area (Å²) < 4.78 is 5.27. The van der Waals surface area contributed by atoms with Crippen LogP contribution in [0.4, 0.5) is 0 Å². The summed E-state index contributed by atoms with van der Waals surface area (Å²) >= 11 is 0. The number of benzene rings is 1. The predicted octanol–water partition coefficient (Wildman–Crippen LogP) is 3.11. The number of ether oxygens (including phenoxy) is 1. The highest BCUT2D eigenvalue weighted by molar-refractivity contribution is 5.84. The van der Waals surface area contributed by atoms with E-state index in [9.17, 15) is 0 Å². The van der Waals surface area contributed by atoms with Crippen LogP contribution < -0.4 is 10.1 Å². The molecule has 2 aromatic rings. The lowest BCUT2D eigenvalue weighted by atomic mass is 9.94. The van der Waals surface area contributed by atoms with E-state index in [0.717, 1.165) is 18.1 Å². The van der Waals surface area contributed by atoms with E-state index in [1.807, 2.05) is 6.07 Å². The Hall–Kier alpha value is -1.48. The van der Waals surface area contributed by atoms with E-state index < -0.39 is 0 Å². The highest BCUT2D eigenvalue weighted by Crippen LogP contribution is 2.31. The fourth-order valence-electron chi connectivity index (χ4n) is 3.40. The summed E-state index contributed by atoms with van der Waals surface area (Å²) in [5.74, 6) is 1.68. The van der Waals surface area contributed by atoms with Gasteiger partial charge < -0.3 is 15.0 Å². The Balaban J connectivity index is 1.85. The Morgan fingerprint density at radius 2 is 2.26 bits per heavy atom. The highest BCUT2D eigenvalue weighted by Gasteiger charge is 2.26. The minimum absolute atomic E-state index is 0.684. The lowest BCUT2D eigenvalue weighted by Gasteiger charge is -2.18. The van der Waals surface area contributed by atoms with Gasteiger partial charge in [0, 0.05) is 29.2 Å². The summed E-state index contributed by atoms with van der Waals surface area (Å²) in [6.07, 6.45) is 7.34. The number of methoxy groups -OCH3 is 1. The first-order valence-electron chi connectivity index (χ1n) is 7.13. The van der Waals surface area contributed by atoms with Crippen molar-refractivity contribution in [1.29, 1.82) is 0 Å². The van der Waals surface area contributed by atoms with Gasteiger partial charge in [-0.3, -0.25) is 0 Å². The Morgan fingerprint density at radius 1 is 1.37 bits per heavy atom. The fraction of sp³-hybridized carbons (Fsp3) is 0.500. The minimum atomic E-state index is 0.684. The maximum atomic E-state index is 5.27. The monoisotopic (exact) mass is 258 g/mol. The van der Waals surface area contributed by atoms with E-state index in [4.69, 9.17) is 4.74 Å². The summed E-state index contributed by atoms with van der Waals surface area (Å²) in [7, 11) is 3.80. The summed E-state index contributed by atoms with van der Waals surface area (Å²) in [5.41, 5.74) is 2.61. The van der Waals surface area contributed by atoms with Gasteiger partial charge in [0.05, 0.1) is 7.11 Å². The second kappa shape index (κ2) is 5.25. The van der Waals surface area contributed by atoms with E-state index in [0.29, 0.717) is 6.04 Å². The molecule has 1 aromatic carbocycles. The summed E-state index contributed by atoms with van der Waals surface area (Å²) in [4.78, 5) is 3.37. The molecule has 3 heteroatoms. The first-order valence-corrected chi connectivity index (χ1v) is 7.13. The molecule has 1 aliphatic rings. The molecule has 3 nitrogen and oxygen atoms in total. The molecule has 3 rings (SSSR count). The molecule has 1 aliphatic carbocycles. The lowest BCUT2D eigenvalue weighted by Crippen LogP contribution is -2.29. The average molecular weight is 258 g/mol. The van der Waals surface area contributed by atoms with Gasteiger partial charge in [0.1, 0.15) is 5.75 Å². The Kier molecular flexibility index (Phi) is 3.47. The van der Waals surface area contributed by atoms with Crippen molar-refractivity contribution in [3.05, 3.63) is 30.0 Å². The van der Waals surface area contributed by atoms with Crippen LogP contribution in [0.5, 0.6) is 5.75 Å². The zero-order valence-corrected chi connectivity index (χ0v) is 11.7. The minimum Gasteiger partial charge on any atom is -0.497 e. The van der Waals surface area contributed by atoms with Crippen molar-refractivity contribution < 1.29 is 4.74 Å². The molecule has 1 fully saturated rings. The van der Waals surface area contributed by atoms with Gasteiger partial charge in [-0.05, 0) is 49.9 Å².